The number of carbonyl (C=O) groups is 2. The zero-order valence-electron chi connectivity index (χ0n) is 23.4. The SMILES string of the molecule is CS(=O)(=O)Nc1ccc(NC(=O)Nc2ccc(C[C@@H](CO)NC[C@H](O)COc3ccccc3)cc2)cc1.O=C(O)C(F)(F)F. The number of sulfonamides is 1. The molecule has 0 saturated carbocycles. The fraction of sp³-hybridized carbons (Fsp3) is 0.286. The van der Waals surface area contributed by atoms with Gasteiger partial charge < -0.3 is 36.0 Å². The Labute approximate surface area is 251 Å². The number of carboxylic acids is 1. The predicted octanol–water partition coefficient (Wildman–Crippen LogP) is 3.27. The van der Waals surface area contributed by atoms with Gasteiger partial charge in [0.05, 0.1) is 12.9 Å². The molecule has 2 amide bonds. The minimum absolute atomic E-state index is 0.104. The molecule has 0 fully saturated rings. The molecule has 0 spiro atoms. The molecule has 0 aliphatic heterocycles. The lowest BCUT2D eigenvalue weighted by Gasteiger charge is -2.19. The Morgan fingerprint density at radius 3 is 1.86 bits per heavy atom. The lowest BCUT2D eigenvalue weighted by atomic mass is 10.1. The number of hydrogen-bond donors (Lipinski definition) is 7. The third-order valence-electron chi connectivity index (χ3n) is 5.43. The number of ether oxygens (including phenoxy) is 1. The van der Waals surface area contributed by atoms with Gasteiger partial charge >= 0.3 is 18.2 Å². The molecule has 12 nitrogen and oxygen atoms in total. The number of para-hydroxylation sites is 1. The molecular formula is C28H33F3N4O8S. The fourth-order valence-electron chi connectivity index (χ4n) is 3.41. The van der Waals surface area contributed by atoms with Gasteiger partial charge in [0.15, 0.2) is 0 Å². The van der Waals surface area contributed by atoms with Crippen LogP contribution in [0.5, 0.6) is 5.75 Å². The lowest BCUT2D eigenvalue weighted by molar-refractivity contribution is -0.192. The van der Waals surface area contributed by atoms with Crippen molar-refractivity contribution in [3.8, 4) is 5.75 Å². The summed E-state index contributed by atoms with van der Waals surface area (Å²) in [6, 6.07) is 22.0. The summed E-state index contributed by atoms with van der Waals surface area (Å²) in [4.78, 5) is 21.2. The van der Waals surface area contributed by atoms with Crippen LogP contribution in [-0.2, 0) is 21.2 Å². The zero-order chi connectivity index (χ0) is 32.8. The Morgan fingerprint density at radius 2 is 1.39 bits per heavy atom. The Hall–Kier alpha value is -4.38. The molecular weight excluding hydrogens is 609 g/mol. The van der Waals surface area contributed by atoms with Crippen molar-refractivity contribution >= 4 is 39.1 Å². The summed E-state index contributed by atoms with van der Waals surface area (Å²) in [5, 5.41) is 35.6. The molecule has 240 valence electrons. The van der Waals surface area contributed by atoms with Gasteiger partial charge in [-0.1, -0.05) is 30.3 Å². The van der Waals surface area contributed by atoms with Crippen LogP contribution >= 0.6 is 0 Å². The number of nitrogens with one attached hydrogen (secondary N) is 4. The number of amides is 2. The average molecular weight is 643 g/mol. The van der Waals surface area contributed by atoms with Gasteiger partial charge in [0, 0.05) is 29.6 Å². The van der Waals surface area contributed by atoms with E-state index in [1.165, 1.54) is 0 Å². The summed E-state index contributed by atoms with van der Waals surface area (Å²) in [6.45, 7) is 0.301. The first kappa shape index (κ1) is 35.8. The van der Waals surface area contributed by atoms with Crippen molar-refractivity contribution in [3.05, 3.63) is 84.4 Å². The number of aliphatic carboxylic acids is 1. The number of hydrogen-bond acceptors (Lipinski definition) is 8. The molecule has 0 aliphatic carbocycles. The van der Waals surface area contributed by atoms with Crippen molar-refractivity contribution < 1.29 is 51.2 Å². The van der Waals surface area contributed by atoms with Gasteiger partial charge in [-0.05, 0) is 60.5 Å². The van der Waals surface area contributed by atoms with Crippen LogP contribution in [0.3, 0.4) is 0 Å². The molecule has 44 heavy (non-hydrogen) atoms. The van der Waals surface area contributed by atoms with E-state index in [9.17, 15) is 36.6 Å². The van der Waals surface area contributed by atoms with Crippen molar-refractivity contribution in [1.82, 2.24) is 5.32 Å². The Kier molecular flexibility index (Phi) is 13.9. The van der Waals surface area contributed by atoms with Gasteiger partial charge in [-0.25, -0.2) is 18.0 Å². The number of urea groups is 1. The number of halogens is 3. The van der Waals surface area contributed by atoms with Crippen LogP contribution in [0.1, 0.15) is 5.56 Å². The Morgan fingerprint density at radius 1 is 0.886 bits per heavy atom. The molecule has 0 bridgehead atoms. The van der Waals surface area contributed by atoms with Crippen molar-refractivity contribution in [2.24, 2.45) is 0 Å². The average Bonchev–Trinajstić information content (AvgIpc) is 2.95. The number of carboxylic acid groups (broad SMARTS) is 1. The molecule has 0 aliphatic rings. The number of benzene rings is 3. The van der Waals surface area contributed by atoms with E-state index in [4.69, 9.17) is 14.6 Å². The molecule has 7 N–H and O–H groups in total. The summed E-state index contributed by atoms with van der Waals surface area (Å²) in [7, 11) is -3.37. The number of carbonyl (C=O) groups excluding carboxylic acids is 1. The van der Waals surface area contributed by atoms with Crippen LogP contribution in [0.2, 0.25) is 0 Å². The second kappa shape index (κ2) is 17.0. The highest BCUT2D eigenvalue weighted by Crippen LogP contribution is 2.16. The Balaban J connectivity index is 0.000000860. The van der Waals surface area contributed by atoms with Crippen molar-refractivity contribution in [1.29, 1.82) is 0 Å². The van der Waals surface area contributed by atoms with Gasteiger partial charge in [-0.15, -0.1) is 0 Å². The summed E-state index contributed by atoms with van der Waals surface area (Å²) < 4.78 is 62.2. The number of aliphatic hydroxyl groups is 2. The van der Waals surface area contributed by atoms with E-state index in [2.05, 4.69) is 20.7 Å². The number of rotatable bonds is 13. The maximum atomic E-state index is 12.3. The van der Waals surface area contributed by atoms with Gasteiger partial charge in [-0.3, -0.25) is 4.72 Å². The Bertz CT molecular complexity index is 1430. The fourth-order valence-corrected chi connectivity index (χ4v) is 3.97. The number of aliphatic hydroxyl groups excluding tert-OH is 2. The summed E-state index contributed by atoms with van der Waals surface area (Å²) >= 11 is 0. The number of anilines is 3. The summed E-state index contributed by atoms with van der Waals surface area (Å²) in [5.74, 6) is -2.07. The maximum Gasteiger partial charge on any atom is 0.490 e. The highest BCUT2D eigenvalue weighted by atomic mass is 32.2. The van der Waals surface area contributed by atoms with Crippen molar-refractivity contribution in [2.45, 2.75) is 24.7 Å². The topological polar surface area (TPSA) is 186 Å². The molecule has 0 heterocycles. The van der Waals surface area contributed by atoms with E-state index in [1.807, 2.05) is 42.5 Å². The van der Waals surface area contributed by atoms with Crippen LogP contribution in [0, 0.1) is 0 Å². The van der Waals surface area contributed by atoms with Crippen molar-refractivity contribution in [2.75, 3.05) is 41.4 Å². The largest absolute Gasteiger partial charge is 0.491 e. The van der Waals surface area contributed by atoms with Crippen LogP contribution in [-0.4, -0.2) is 80.1 Å². The number of alkyl halides is 3. The van der Waals surface area contributed by atoms with Gasteiger partial charge in [0.1, 0.15) is 18.5 Å². The second-order valence-corrected chi connectivity index (χ2v) is 11.0. The monoisotopic (exact) mass is 642 g/mol. The first-order valence-corrected chi connectivity index (χ1v) is 14.8. The third-order valence-corrected chi connectivity index (χ3v) is 6.04. The van der Waals surface area contributed by atoms with Crippen LogP contribution in [0.4, 0.5) is 35.0 Å². The van der Waals surface area contributed by atoms with E-state index < -0.39 is 34.3 Å². The summed E-state index contributed by atoms with van der Waals surface area (Å²) in [6.07, 6.45) is -4.22. The molecule has 0 unspecified atom stereocenters. The maximum absolute atomic E-state index is 12.3. The first-order valence-electron chi connectivity index (χ1n) is 12.9. The van der Waals surface area contributed by atoms with Gasteiger partial charge in [0.25, 0.3) is 0 Å². The highest BCUT2D eigenvalue weighted by Gasteiger charge is 2.38. The smallest absolute Gasteiger partial charge is 0.490 e. The minimum atomic E-state index is -5.08. The van der Waals surface area contributed by atoms with Crippen LogP contribution in [0.25, 0.3) is 0 Å². The van der Waals surface area contributed by atoms with Crippen LogP contribution < -0.4 is 25.4 Å². The third kappa shape index (κ3) is 14.7. The second-order valence-electron chi connectivity index (χ2n) is 9.30. The quantitative estimate of drug-likeness (QED) is 0.147. The van der Waals surface area contributed by atoms with E-state index in [0.29, 0.717) is 29.2 Å². The normalized spacial score (nSPS) is 12.6. The molecule has 0 radical (unpaired) electrons. The lowest BCUT2D eigenvalue weighted by Crippen LogP contribution is -2.41. The van der Waals surface area contributed by atoms with E-state index >= 15 is 0 Å². The standard InChI is InChI=1S/C26H32N4O6S.C2HF3O2/c1-37(34,35)30-22-13-11-21(12-14-22)29-26(33)28-20-9-7-19(8-10-20)15-23(17-31)27-16-24(32)18-36-25-5-3-2-4-6-25;3-2(4,5)1(6)7/h2-14,23-24,27,30-32H,15-18H2,1H3,(H2,28,29,33);(H,6,7)/t23-,24-;/m0./s1. The minimum Gasteiger partial charge on any atom is -0.491 e. The summed E-state index contributed by atoms with van der Waals surface area (Å²) in [5.41, 5.74) is 2.43. The van der Waals surface area contributed by atoms with E-state index in [1.54, 1.807) is 36.4 Å². The van der Waals surface area contributed by atoms with Gasteiger partial charge in [0.2, 0.25) is 10.0 Å². The van der Waals surface area contributed by atoms with Crippen LogP contribution in [0.15, 0.2) is 78.9 Å². The van der Waals surface area contributed by atoms with Crippen molar-refractivity contribution in [3.63, 3.8) is 0 Å². The molecule has 0 aromatic heterocycles. The van der Waals surface area contributed by atoms with Gasteiger partial charge in [-0.2, -0.15) is 13.2 Å². The molecule has 3 aromatic rings. The predicted molar refractivity (Wildman–Crippen MR) is 158 cm³/mol. The molecule has 16 heteroatoms. The zero-order valence-corrected chi connectivity index (χ0v) is 24.2. The van der Waals surface area contributed by atoms with E-state index in [0.717, 1.165) is 11.8 Å². The highest BCUT2D eigenvalue weighted by molar-refractivity contribution is 7.92. The first-order chi connectivity index (χ1) is 20.6. The van der Waals surface area contributed by atoms with E-state index in [-0.39, 0.29) is 25.8 Å². The molecule has 3 aromatic carbocycles. The molecule has 3 rings (SSSR count). The molecule has 0 saturated heterocycles. The molecule has 2 atom stereocenters.